The van der Waals surface area contributed by atoms with Crippen LogP contribution in [0.2, 0.25) is 0 Å². The maximum absolute atomic E-state index is 12.6. The SMILES string of the molecule is CCC[C@@H]1C(C)=C[C@H]2C[C@H](C)[C@@H](O)[C@H](CC)[C@@H]2[C@@H]1C(O)=C1C(=O)N[C@@H](C)C1=O. The smallest absolute Gasteiger partial charge is 0.259 e. The first-order valence-electron chi connectivity index (χ1n) is 10.9. The van der Waals surface area contributed by atoms with Gasteiger partial charge in [-0.2, -0.15) is 0 Å². The van der Waals surface area contributed by atoms with E-state index in [1.165, 1.54) is 5.57 Å². The summed E-state index contributed by atoms with van der Waals surface area (Å²) in [4.78, 5) is 25.0. The molecule has 0 radical (unpaired) electrons. The first-order valence-corrected chi connectivity index (χ1v) is 10.9. The van der Waals surface area contributed by atoms with Gasteiger partial charge in [0, 0.05) is 5.92 Å². The van der Waals surface area contributed by atoms with E-state index in [-0.39, 0.29) is 52.6 Å². The van der Waals surface area contributed by atoms with Gasteiger partial charge in [0.15, 0.2) is 5.78 Å². The van der Waals surface area contributed by atoms with Gasteiger partial charge in [-0.15, -0.1) is 0 Å². The summed E-state index contributed by atoms with van der Waals surface area (Å²) < 4.78 is 0. The fourth-order valence-electron chi connectivity index (χ4n) is 6.09. The molecule has 1 saturated heterocycles. The number of aliphatic hydroxyl groups is 2. The molecule has 0 aromatic carbocycles. The largest absolute Gasteiger partial charge is 0.511 e. The number of carbonyl (C=O) groups is 2. The van der Waals surface area contributed by atoms with Crippen molar-refractivity contribution in [1.29, 1.82) is 0 Å². The number of fused-ring (bicyclic) bond motifs is 1. The molecule has 3 aliphatic rings. The van der Waals surface area contributed by atoms with Gasteiger partial charge in [0.05, 0.1) is 12.1 Å². The number of rotatable bonds is 4. The topological polar surface area (TPSA) is 86.6 Å². The highest BCUT2D eigenvalue weighted by Crippen LogP contribution is 2.54. The third kappa shape index (κ3) is 3.32. The predicted molar refractivity (Wildman–Crippen MR) is 108 cm³/mol. The number of carbonyl (C=O) groups excluding carboxylic acids is 2. The molecule has 1 heterocycles. The Hall–Kier alpha value is -1.62. The van der Waals surface area contributed by atoms with Crippen LogP contribution < -0.4 is 5.32 Å². The van der Waals surface area contributed by atoms with Crippen LogP contribution in [-0.4, -0.2) is 34.0 Å². The minimum absolute atomic E-state index is 0.0421. The summed E-state index contributed by atoms with van der Waals surface area (Å²) in [5, 5.41) is 24.9. The van der Waals surface area contributed by atoms with Crippen LogP contribution in [0.5, 0.6) is 0 Å². The molecule has 28 heavy (non-hydrogen) atoms. The normalized spacial score (nSPS) is 42.7. The van der Waals surface area contributed by atoms with Crippen LogP contribution in [0.15, 0.2) is 23.0 Å². The van der Waals surface area contributed by atoms with Gasteiger partial charge in [-0.1, -0.05) is 45.3 Å². The summed E-state index contributed by atoms with van der Waals surface area (Å²) in [7, 11) is 0. The summed E-state index contributed by atoms with van der Waals surface area (Å²) >= 11 is 0. The van der Waals surface area contributed by atoms with E-state index in [2.05, 4.69) is 39.1 Å². The van der Waals surface area contributed by atoms with Crippen LogP contribution in [0, 0.1) is 35.5 Å². The molecule has 0 bridgehead atoms. The summed E-state index contributed by atoms with van der Waals surface area (Å²) in [5.74, 6) is -0.505. The number of amides is 1. The van der Waals surface area contributed by atoms with E-state index in [0.717, 1.165) is 25.7 Å². The van der Waals surface area contributed by atoms with Crippen molar-refractivity contribution in [1.82, 2.24) is 5.32 Å². The average Bonchev–Trinajstić information content (AvgIpc) is 2.89. The third-order valence-electron chi connectivity index (χ3n) is 7.42. The van der Waals surface area contributed by atoms with Crippen LogP contribution in [0.25, 0.3) is 0 Å². The van der Waals surface area contributed by atoms with Crippen LogP contribution >= 0.6 is 0 Å². The van der Waals surface area contributed by atoms with Gasteiger partial charge in [0.25, 0.3) is 5.91 Å². The highest BCUT2D eigenvalue weighted by atomic mass is 16.3. The number of aliphatic hydroxyl groups excluding tert-OH is 2. The third-order valence-corrected chi connectivity index (χ3v) is 7.42. The van der Waals surface area contributed by atoms with Gasteiger partial charge < -0.3 is 15.5 Å². The van der Waals surface area contributed by atoms with Gasteiger partial charge in [-0.25, -0.2) is 0 Å². The van der Waals surface area contributed by atoms with Gasteiger partial charge in [0.2, 0.25) is 0 Å². The quantitative estimate of drug-likeness (QED) is 0.297. The van der Waals surface area contributed by atoms with Gasteiger partial charge in [0.1, 0.15) is 11.3 Å². The fourth-order valence-corrected chi connectivity index (χ4v) is 6.09. The van der Waals surface area contributed by atoms with Crippen molar-refractivity contribution in [2.75, 3.05) is 0 Å². The highest BCUT2D eigenvalue weighted by molar-refractivity contribution is 6.26. The Labute approximate surface area is 168 Å². The lowest BCUT2D eigenvalue weighted by Gasteiger charge is -2.51. The maximum Gasteiger partial charge on any atom is 0.259 e. The first kappa shape index (κ1) is 21.1. The Bertz CT molecular complexity index is 709. The monoisotopic (exact) mass is 389 g/mol. The van der Waals surface area contributed by atoms with Crippen LogP contribution in [-0.2, 0) is 9.59 Å². The van der Waals surface area contributed by atoms with E-state index >= 15 is 0 Å². The molecule has 3 rings (SSSR count). The molecule has 2 fully saturated rings. The number of hydrogen-bond acceptors (Lipinski definition) is 4. The molecular formula is C23H35NO4. The first-order chi connectivity index (χ1) is 13.2. The molecule has 3 N–H and O–H groups in total. The Balaban J connectivity index is 2.15. The number of Topliss-reactive ketones (excluding diaryl/α,β-unsaturated/α-hetero) is 1. The van der Waals surface area contributed by atoms with Crippen molar-refractivity contribution in [2.45, 2.75) is 72.4 Å². The van der Waals surface area contributed by atoms with Crippen molar-refractivity contribution < 1.29 is 19.8 Å². The second-order valence-electron chi connectivity index (χ2n) is 9.17. The zero-order valence-electron chi connectivity index (χ0n) is 17.7. The molecule has 2 aliphatic carbocycles. The van der Waals surface area contributed by atoms with E-state index in [0.29, 0.717) is 0 Å². The fraction of sp³-hybridized carbons (Fsp3) is 0.739. The predicted octanol–water partition coefficient (Wildman–Crippen LogP) is 3.54. The lowest BCUT2D eigenvalue weighted by atomic mass is 9.54. The van der Waals surface area contributed by atoms with E-state index in [9.17, 15) is 19.8 Å². The average molecular weight is 390 g/mol. The molecule has 0 aromatic heterocycles. The van der Waals surface area contributed by atoms with Crippen molar-refractivity contribution >= 4 is 11.7 Å². The van der Waals surface area contributed by atoms with Crippen molar-refractivity contribution in [3.05, 3.63) is 23.0 Å². The van der Waals surface area contributed by atoms with Crippen molar-refractivity contribution in [3.63, 3.8) is 0 Å². The van der Waals surface area contributed by atoms with Crippen LogP contribution in [0.4, 0.5) is 0 Å². The van der Waals surface area contributed by atoms with Gasteiger partial charge >= 0.3 is 0 Å². The standard InChI is InChI=1S/C23H35NO4/c1-6-8-16-11(3)9-14-10-12(4)20(25)15(7-2)17(14)18(16)22(27)19-21(26)13(5)24-23(19)28/h9,12-18,20,25,27H,6-8,10H2,1-5H3,(H,24,28)/t12-,13-,14-,15+,16+,17+,18+,20+/m0/s1. The summed E-state index contributed by atoms with van der Waals surface area (Å²) in [6.07, 6.45) is 5.44. The summed E-state index contributed by atoms with van der Waals surface area (Å²) in [5.41, 5.74) is 1.17. The zero-order valence-corrected chi connectivity index (χ0v) is 17.7. The van der Waals surface area contributed by atoms with Gasteiger partial charge in [-0.05, 0) is 56.3 Å². The number of nitrogens with one attached hydrogen (secondary N) is 1. The van der Waals surface area contributed by atoms with Crippen LogP contribution in [0.3, 0.4) is 0 Å². The van der Waals surface area contributed by atoms with E-state index < -0.39 is 18.1 Å². The molecule has 1 saturated carbocycles. The molecule has 0 spiro atoms. The van der Waals surface area contributed by atoms with Crippen molar-refractivity contribution in [3.8, 4) is 0 Å². The number of hydrogen-bond donors (Lipinski definition) is 3. The molecule has 5 heteroatoms. The minimum Gasteiger partial charge on any atom is -0.511 e. The Kier molecular flexibility index (Phi) is 6.04. The Morgan fingerprint density at radius 2 is 1.93 bits per heavy atom. The molecule has 156 valence electrons. The number of ketones is 1. The van der Waals surface area contributed by atoms with E-state index in [1.54, 1.807) is 6.92 Å². The minimum atomic E-state index is -0.593. The molecule has 8 atom stereocenters. The molecule has 1 amide bonds. The van der Waals surface area contributed by atoms with E-state index in [1.807, 2.05) is 0 Å². The molecule has 5 nitrogen and oxygen atoms in total. The Morgan fingerprint density at radius 1 is 1.25 bits per heavy atom. The van der Waals surface area contributed by atoms with Crippen LogP contribution in [0.1, 0.15) is 60.3 Å². The lowest BCUT2D eigenvalue weighted by molar-refractivity contribution is -0.117. The Morgan fingerprint density at radius 3 is 2.46 bits per heavy atom. The molecular weight excluding hydrogens is 354 g/mol. The zero-order chi connectivity index (χ0) is 20.7. The molecule has 1 aliphatic heterocycles. The molecule has 0 aromatic rings. The molecule has 0 unspecified atom stereocenters. The summed E-state index contributed by atoms with van der Waals surface area (Å²) in [6.45, 7) is 10.1. The number of allylic oxidation sites excluding steroid dienone is 3. The lowest BCUT2D eigenvalue weighted by Crippen LogP contribution is -2.49. The second kappa shape index (κ2) is 8.02. The van der Waals surface area contributed by atoms with Crippen molar-refractivity contribution in [2.24, 2.45) is 35.5 Å². The highest BCUT2D eigenvalue weighted by Gasteiger charge is 2.51. The van der Waals surface area contributed by atoms with E-state index in [4.69, 9.17) is 0 Å². The van der Waals surface area contributed by atoms with Gasteiger partial charge in [-0.3, -0.25) is 9.59 Å². The maximum atomic E-state index is 12.6. The second-order valence-corrected chi connectivity index (χ2v) is 9.17. The summed E-state index contributed by atoms with van der Waals surface area (Å²) in [6, 6.07) is -0.593.